The van der Waals surface area contributed by atoms with Crippen LogP contribution >= 0.6 is 15.9 Å². The van der Waals surface area contributed by atoms with Gasteiger partial charge in [0.2, 0.25) is 5.91 Å². The van der Waals surface area contributed by atoms with E-state index in [1.807, 2.05) is 30.3 Å². The number of carbonyl (C=O) groups excluding carboxylic acids is 2. The summed E-state index contributed by atoms with van der Waals surface area (Å²) in [6.45, 7) is 3.54. The maximum Gasteiger partial charge on any atom is 0.251 e. The third kappa shape index (κ3) is 4.04. The van der Waals surface area contributed by atoms with E-state index in [0.29, 0.717) is 5.56 Å². The Hall–Kier alpha value is -1.88. The number of primary amides is 1. The summed E-state index contributed by atoms with van der Waals surface area (Å²) in [7, 11) is 0. The molecule has 0 spiro atoms. The summed E-state index contributed by atoms with van der Waals surface area (Å²) in [5.74, 6) is -0.658. The van der Waals surface area contributed by atoms with Crippen molar-refractivity contribution in [1.29, 1.82) is 0 Å². The first-order valence-electron chi connectivity index (χ1n) is 6.57. The number of amides is 2. The molecule has 0 bridgehead atoms. The van der Waals surface area contributed by atoms with Gasteiger partial charge in [-0.25, -0.2) is 0 Å². The van der Waals surface area contributed by atoms with E-state index in [4.69, 9.17) is 5.73 Å². The summed E-state index contributed by atoms with van der Waals surface area (Å²) in [6, 6.07) is 11.4. The molecule has 0 saturated heterocycles. The highest BCUT2D eigenvalue weighted by Crippen LogP contribution is 2.21. The predicted octanol–water partition coefficient (Wildman–Crippen LogP) is 2.99. The van der Waals surface area contributed by atoms with Crippen LogP contribution in [0.1, 0.15) is 30.6 Å². The number of halogens is 1. The minimum Gasteiger partial charge on any atom is -0.370 e. The smallest absolute Gasteiger partial charge is 0.251 e. The van der Waals surface area contributed by atoms with Gasteiger partial charge in [-0.15, -0.1) is 0 Å². The molecule has 0 aliphatic carbocycles. The van der Waals surface area contributed by atoms with Crippen molar-refractivity contribution in [3.8, 4) is 0 Å². The zero-order valence-corrected chi connectivity index (χ0v) is 13.5. The van der Waals surface area contributed by atoms with Crippen LogP contribution in [0.3, 0.4) is 0 Å². The summed E-state index contributed by atoms with van der Waals surface area (Å²) in [6.07, 6.45) is 0.0965. The summed E-state index contributed by atoms with van der Waals surface area (Å²) < 4.78 is 0.995. The Kier molecular flexibility index (Phi) is 4.32. The minimum absolute atomic E-state index is 0.0965. The molecule has 2 aromatic carbocycles. The van der Waals surface area contributed by atoms with Gasteiger partial charge in [0, 0.05) is 22.0 Å². The Morgan fingerprint density at radius 3 is 2.43 bits per heavy atom. The number of nitrogens with two attached hydrogens (primary N) is 1. The number of carbonyl (C=O) groups is 2. The zero-order valence-electron chi connectivity index (χ0n) is 11.9. The molecule has 0 radical (unpaired) electrons. The molecule has 0 atom stereocenters. The highest BCUT2D eigenvalue weighted by Gasteiger charge is 2.23. The van der Waals surface area contributed by atoms with E-state index < -0.39 is 11.4 Å². The van der Waals surface area contributed by atoms with Gasteiger partial charge < -0.3 is 11.1 Å². The molecule has 21 heavy (non-hydrogen) atoms. The molecule has 0 aromatic heterocycles. The van der Waals surface area contributed by atoms with Crippen LogP contribution in [0.2, 0.25) is 0 Å². The van der Waals surface area contributed by atoms with Gasteiger partial charge in [-0.1, -0.05) is 28.1 Å². The molecule has 110 valence electrons. The first kappa shape index (κ1) is 15.5. The van der Waals surface area contributed by atoms with Crippen LogP contribution in [0.5, 0.6) is 0 Å². The first-order valence-corrected chi connectivity index (χ1v) is 7.36. The maximum absolute atomic E-state index is 12.3. The van der Waals surface area contributed by atoms with Crippen molar-refractivity contribution in [3.63, 3.8) is 0 Å². The standard InChI is InChI=1S/C16H17BrN2O2/c1-16(2,9-14(18)20)19-15(21)12-4-3-11-8-13(17)6-5-10(11)7-12/h3-8H,9H2,1-2H3,(H2,18,20)(H,19,21). The van der Waals surface area contributed by atoms with Gasteiger partial charge in [0.15, 0.2) is 0 Å². The molecule has 2 amide bonds. The van der Waals surface area contributed by atoms with Crippen LogP contribution in [0, 0.1) is 0 Å². The summed E-state index contributed by atoms with van der Waals surface area (Å²) in [5.41, 5.74) is 5.08. The van der Waals surface area contributed by atoms with Crippen molar-refractivity contribution in [1.82, 2.24) is 5.32 Å². The van der Waals surface area contributed by atoms with Gasteiger partial charge in [-0.3, -0.25) is 9.59 Å². The second-order valence-corrected chi connectivity index (χ2v) is 6.60. The van der Waals surface area contributed by atoms with E-state index in [1.54, 1.807) is 19.9 Å². The molecular weight excluding hydrogens is 332 g/mol. The Balaban J connectivity index is 2.23. The van der Waals surface area contributed by atoms with Crippen molar-refractivity contribution in [2.45, 2.75) is 25.8 Å². The molecule has 0 heterocycles. The molecule has 2 aromatic rings. The monoisotopic (exact) mass is 348 g/mol. The lowest BCUT2D eigenvalue weighted by molar-refractivity contribution is -0.119. The average molecular weight is 349 g/mol. The Labute approximate surface area is 131 Å². The SMILES string of the molecule is CC(C)(CC(N)=O)NC(=O)c1ccc2cc(Br)ccc2c1. The van der Waals surface area contributed by atoms with E-state index in [2.05, 4.69) is 21.2 Å². The number of hydrogen-bond donors (Lipinski definition) is 2. The average Bonchev–Trinajstić information content (AvgIpc) is 2.35. The molecule has 0 aliphatic rings. The van der Waals surface area contributed by atoms with Crippen molar-refractivity contribution in [3.05, 3.63) is 46.4 Å². The number of fused-ring (bicyclic) bond motifs is 1. The van der Waals surface area contributed by atoms with Crippen LogP contribution in [0.15, 0.2) is 40.9 Å². The van der Waals surface area contributed by atoms with E-state index in [1.165, 1.54) is 0 Å². The lowest BCUT2D eigenvalue weighted by Crippen LogP contribution is -2.46. The lowest BCUT2D eigenvalue weighted by atomic mass is 9.99. The van der Waals surface area contributed by atoms with Crippen LogP contribution in [0.4, 0.5) is 0 Å². The van der Waals surface area contributed by atoms with Gasteiger partial charge in [0.1, 0.15) is 0 Å². The first-order chi connectivity index (χ1) is 9.77. The third-order valence-corrected chi connectivity index (χ3v) is 3.63. The fraction of sp³-hybridized carbons (Fsp3) is 0.250. The Morgan fingerprint density at radius 1 is 1.14 bits per heavy atom. The topological polar surface area (TPSA) is 72.2 Å². The molecule has 0 fully saturated rings. The normalized spacial score (nSPS) is 11.4. The Morgan fingerprint density at radius 2 is 1.76 bits per heavy atom. The Bertz CT molecular complexity index is 710. The van der Waals surface area contributed by atoms with E-state index in [9.17, 15) is 9.59 Å². The highest BCUT2D eigenvalue weighted by molar-refractivity contribution is 9.10. The van der Waals surface area contributed by atoms with Crippen LogP contribution in [0.25, 0.3) is 10.8 Å². The van der Waals surface area contributed by atoms with Gasteiger partial charge in [-0.2, -0.15) is 0 Å². The van der Waals surface area contributed by atoms with E-state index in [0.717, 1.165) is 15.2 Å². The van der Waals surface area contributed by atoms with Crippen molar-refractivity contribution in [2.75, 3.05) is 0 Å². The molecule has 0 saturated carbocycles. The third-order valence-electron chi connectivity index (χ3n) is 3.13. The van der Waals surface area contributed by atoms with Gasteiger partial charge in [0.25, 0.3) is 5.91 Å². The zero-order chi connectivity index (χ0) is 15.6. The largest absolute Gasteiger partial charge is 0.370 e. The molecule has 0 unspecified atom stereocenters. The highest BCUT2D eigenvalue weighted by atomic mass is 79.9. The van der Waals surface area contributed by atoms with Crippen LogP contribution in [-0.2, 0) is 4.79 Å². The predicted molar refractivity (Wildman–Crippen MR) is 87.0 cm³/mol. The molecular formula is C16H17BrN2O2. The summed E-state index contributed by atoms with van der Waals surface area (Å²) in [4.78, 5) is 23.3. The number of nitrogens with one attached hydrogen (secondary N) is 1. The van der Waals surface area contributed by atoms with Gasteiger partial charge >= 0.3 is 0 Å². The van der Waals surface area contributed by atoms with Crippen molar-refractivity contribution >= 4 is 38.5 Å². The van der Waals surface area contributed by atoms with Gasteiger partial charge in [0.05, 0.1) is 0 Å². The number of hydrogen-bond acceptors (Lipinski definition) is 2. The lowest BCUT2D eigenvalue weighted by Gasteiger charge is -2.24. The van der Waals surface area contributed by atoms with Gasteiger partial charge in [-0.05, 0) is 48.9 Å². The second-order valence-electron chi connectivity index (χ2n) is 5.69. The molecule has 5 heteroatoms. The maximum atomic E-state index is 12.3. The minimum atomic E-state index is -0.669. The number of rotatable bonds is 4. The van der Waals surface area contributed by atoms with Crippen molar-refractivity contribution < 1.29 is 9.59 Å². The quantitative estimate of drug-likeness (QED) is 0.891. The fourth-order valence-electron chi connectivity index (χ4n) is 2.22. The summed E-state index contributed by atoms with van der Waals surface area (Å²) in [5, 5.41) is 4.87. The number of benzene rings is 2. The van der Waals surface area contributed by atoms with E-state index in [-0.39, 0.29) is 12.3 Å². The molecule has 3 N–H and O–H groups in total. The second kappa shape index (κ2) is 5.85. The molecule has 2 rings (SSSR count). The van der Waals surface area contributed by atoms with Crippen LogP contribution < -0.4 is 11.1 Å². The molecule has 0 aliphatic heterocycles. The molecule has 4 nitrogen and oxygen atoms in total. The fourth-order valence-corrected chi connectivity index (χ4v) is 2.60. The van der Waals surface area contributed by atoms with E-state index >= 15 is 0 Å². The van der Waals surface area contributed by atoms with Crippen LogP contribution in [-0.4, -0.2) is 17.4 Å². The van der Waals surface area contributed by atoms with Crippen molar-refractivity contribution in [2.24, 2.45) is 5.73 Å². The summed E-state index contributed by atoms with van der Waals surface area (Å²) >= 11 is 3.42.